The van der Waals surface area contributed by atoms with Gasteiger partial charge in [0, 0.05) is 30.3 Å². The maximum Gasteiger partial charge on any atom is 0.142 e. The van der Waals surface area contributed by atoms with Crippen LogP contribution in [-0.2, 0) is 0 Å². The fourth-order valence-corrected chi connectivity index (χ4v) is 2.92. The summed E-state index contributed by atoms with van der Waals surface area (Å²) in [6.07, 6.45) is 1.85. The topological polar surface area (TPSA) is 19.4 Å². The van der Waals surface area contributed by atoms with Crippen LogP contribution in [0.3, 0.4) is 0 Å². The third-order valence-corrected chi connectivity index (χ3v) is 3.51. The van der Waals surface area contributed by atoms with Crippen molar-refractivity contribution < 1.29 is 0 Å². The van der Waals surface area contributed by atoms with E-state index in [0.717, 1.165) is 34.4 Å². The van der Waals surface area contributed by atoms with E-state index in [9.17, 15) is 0 Å². The molecule has 0 saturated carbocycles. The quantitative estimate of drug-likeness (QED) is 0.753. The molecule has 1 heterocycles. The summed E-state index contributed by atoms with van der Waals surface area (Å²) in [6, 6.07) is 2.05. The summed E-state index contributed by atoms with van der Waals surface area (Å²) in [7, 11) is 4.19. The zero-order valence-electron chi connectivity index (χ0n) is 11.5. The van der Waals surface area contributed by atoms with Crippen molar-refractivity contribution in [2.75, 3.05) is 38.6 Å². The maximum atomic E-state index is 4.52. The molecule has 1 aromatic rings. The largest absolute Gasteiger partial charge is 0.354 e. The van der Waals surface area contributed by atoms with Crippen LogP contribution < -0.4 is 4.90 Å². The molecular formula is C13H21Br2N3. The molecule has 5 heteroatoms. The van der Waals surface area contributed by atoms with Crippen molar-refractivity contribution >= 4 is 37.7 Å². The minimum Gasteiger partial charge on any atom is -0.354 e. The van der Waals surface area contributed by atoms with Gasteiger partial charge < -0.3 is 9.80 Å². The SMILES string of the molecule is CC(C)CN(CCN(C)C)c1ncc(Br)cc1Br. The number of halogens is 2. The normalized spacial score (nSPS) is 11.3. The summed E-state index contributed by atoms with van der Waals surface area (Å²) in [6.45, 7) is 7.49. The second-order valence-electron chi connectivity index (χ2n) is 5.10. The Hall–Kier alpha value is -0.130. The summed E-state index contributed by atoms with van der Waals surface area (Å²) < 4.78 is 2.03. The highest BCUT2D eigenvalue weighted by Crippen LogP contribution is 2.27. The van der Waals surface area contributed by atoms with Gasteiger partial charge in [-0.3, -0.25) is 0 Å². The number of rotatable bonds is 6. The fraction of sp³-hybridized carbons (Fsp3) is 0.615. The van der Waals surface area contributed by atoms with Crippen LogP contribution in [0.15, 0.2) is 21.2 Å². The summed E-state index contributed by atoms with van der Waals surface area (Å²) in [4.78, 5) is 9.05. The van der Waals surface area contributed by atoms with E-state index in [0.29, 0.717) is 5.92 Å². The van der Waals surface area contributed by atoms with Gasteiger partial charge in [-0.25, -0.2) is 4.98 Å². The van der Waals surface area contributed by atoms with Crippen LogP contribution in [0.2, 0.25) is 0 Å². The molecule has 0 aliphatic heterocycles. The lowest BCUT2D eigenvalue weighted by Gasteiger charge is -2.28. The molecule has 0 unspecified atom stereocenters. The first-order chi connectivity index (χ1) is 8.40. The summed E-state index contributed by atoms with van der Waals surface area (Å²) in [5.41, 5.74) is 0. The van der Waals surface area contributed by atoms with Gasteiger partial charge in [0.05, 0.1) is 4.47 Å². The van der Waals surface area contributed by atoms with Crippen LogP contribution in [0.25, 0.3) is 0 Å². The molecule has 102 valence electrons. The molecular weight excluding hydrogens is 358 g/mol. The Labute approximate surface area is 127 Å². The number of nitrogens with zero attached hydrogens (tertiary/aromatic N) is 3. The van der Waals surface area contributed by atoms with Crippen LogP contribution in [0.1, 0.15) is 13.8 Å². The molecule has 3 nitrogen and oxygen atoms in total. The molecule has 1 aromatic heterocycles. The molecule has 0 aromatic carbocycles. The number of hydrogen-bond acceptors (Lipinski definition) is 3. The van der Waals surface area contributed by atoms with Crippen molar-refractivity contribution in [2.24, 2.45) is 5.92 Å². The minimum atomic E-state index is 0.615. The minimum absolute atomic E-state index is 0.615. The molecule has 0 spiro atoms. The zero-order chi connectivity index (χ0) is 13.7. The van der Waals surface area contributed by atoms with Gasteiger partial charge in [0.15, 0.2) is 0 Å². The van der Waals surface area contributed by atoms with E-state index in [1.165, 1.54) is 0 Å². The zero-order valence-corrected chi connectivity index (χ0v) is 14.6. The van der Waals surface area contributed by atoms with E-state index in [1.54, 1.807) is 0 Å². The standard InChI is InChI=1S/C13H21Br2N3/c1-10(2)9-18(6-5-17(3)4)13-12(15)7-11(14)8-16-13/h7-8,10H,5-6,9H2,1-4H3. The molecule has 0 bridgehead atoms. The first-order valence-corrected chi connectivity index (χ1v) is 7.69. The van der Waals surface area contributed by atoms with E-state index in [4.69, 9.17) is 0 Å². The van der Waals surface area contributed by atoms with Crippen molar-refractivity contribution in [3.8, 4) is 0 Å². The van der Waals surface area contributed by atoms with Gasteiger partial charge in [0.1, 0.15) is 5.82 Å². The maximum absolute atomic E-state index is 4.52. The third kappa shape index (κ3) is 5.24. The average Bonchev–Trinajstić information content (AvgIpc) is 2.24. The van der Waals surface area contributed by atoms with Crippen molar-refractivity contribution in [2.45, 2.75) is 13.8 Å². The lowest BCUT2D eigenvalue weighted by atomic mass is 10.2. The van der Waals surface area contributed by atoms with Crippen LogP contribution in [-0.4, -0.2) is 43.6 Å². The molecule has 0 amide bonds. The van der Waals surface area contributed by atoms with Gasteiger partial charge >= 0.3 is 0 Å². The lowest BCUT2D eigenvalue weighted by molar-refractivity contribution is 0.408. The Bertz CT molecular complexity index is 380. The lowest BCUT2D eigenvalue weighted by Crippen LogP contribution is -2.35. The molecule has 0 atom stereocenters. The summed E-state index contributed by atoms with van der Waals surface area (Å²) in [5.74, 6) is 1.64. The predicted molar refractivity (Wildman–Crippen MR) is 85.2 cm³/mol. The molecule has 0 fully saturated rings. The number of likely N-dealkylation sites (N-methyl/N-ethyl adjacent to an activating group) is 1. The molecule has 0 N–H and O–H groups in total. The first-order valence-electron chi connectivity index (χ1n) is 6.11. The Balaban J connectivity index is 2.86. The average molecular weight is 379 g/mol. The molecule has 0 saturated heterocycles. The molecule has 0 aliphatic rings. The van der Waals surface area contributed by atoms with E-state index < -0.39 is 0 Å². The van der Waals surface area contributed by atoms with Gasteiger partial charge in [-0.2, -0.15) is 0 Å². The van der Waals surface area contributed by atoms with Gasteiger partial charge in [-0.05, 0) is 57.9 Å². The smallest absolute Gasteiger partial charge is 0.142 e. The van der Waals surface area contributed by atoms with Gasteiger partial charge in [0.2, 0.25) is 0 Å². The van der Waals surface area contributed by atoms with Crippen LogP contribution in [0, 0.1) is 5.92 Å². The van der Waals surface area contributed by atoms with Crippen molar-refractivity contribution in [1.29, 1.82) is 0 Å². The third-order valence-electron chi connectivity index (χ3n) is 2.49. The molecule has 18 heavy (non-hydrogen) atoms. The van der Waals surface area contributed by atoms with Crippen molar-refractivity contribution in [1.82, 2.24) is 9.88 Å². The van der Waals surface area contributed by atoms with Crippen LogP contribution in [0.4, 0.5) is 5.82 Å². The Morgan fingerprint density at radius 2 is 1.89 bits per heavy atom. The summed E-state index contributed by atoms with van der Waals surface area (Å²) in [5, 5.41) is 0. The highest BCUT2D eigenvalue weighted by atomic mass is 79.9. The summed E-state index contributed by atoms with van der Waals surface area (Å²) >= 11 is 7.04. The van der Waals surface area contributed by atoms with E-state index >= 15 is 0 Å². The van der Waals surface area contributed by atoms with E-state index in [2.05, 4.69) is 74.6 Å². The highest BCUT2D eigenvalue weighted by Gasteiger charge is 2.13. The molecule has 1 rings (SSSR count). The molecule has 0 radical (unpaired) electrons. The van der Waals surface area contributed by atoms with Gasteiger partial charge in [0.25, 0.3) is 0 Å². The fourth-order valence-electron chi connectivity index (χ4n) is 1.69. The van der Waals surface area contributed by atoms with E-state index in [-0.39, 0.29) is 0 Å². The second-order valence-corrected chi connectivity index (χ2v) is 6.87. The number of aromatic nitrogens is 1. The number of hydrogen-bond donors (Lipinski definition) is 0. The number of anilines is 1. The van der Waals surface area contributed by atoms with Gasteiger partial charge in [-0.15, -0.1) is 0 Å². The predicted octanol–water partition coefficient (Wildman–Crippen LogP) is 3.63. The Morgan fingerprint density at radius 3 is 2.39 bits per heavy atom. The highest BCUT2D eigenvalue weighted by molar-refractivity contribution is 9.11. The van der Waals surface area contributed by atoms with Crippen LogP contribution >= 0.6 is 31.9 Å². The monoisotopic (exact) mass is 377 g/mol. The van der Waals surface area contributed by atoms with Gasteiger partial charge in [-0.1, -0.05) is 13.8 Å². The first kappa shape index (κ1) is 15.9. The van der Waals surface area contributed by atoms with Crippen molar-refractivity contribution in [3.63, 3.8) is 0 Å². The van der Waals surface area contributed by atoms with E-state index in [1.807, 2.05) is 12.3 Å². The molecule has 0 aliphatic carbocycles. The Kier molecular flexibility index (Phi) is 6.60. The number of pyridine rings is 1. The second kappa shape index (κ2) is 7.46. The van der Waals surface area contributed by atoms with Crippen molar-refractivity contribution in [3.05, 3.63) is 21.2 Å². The Morgan fingerprint density at radius 1 is 1.22 bits per heavy atom. The van der Waals surface area contributed by atoms with Crippen LogP contribution in [0.5, 0.6) is 0 Å².